The summed E-state index contributed by atoms with van der Waals surface area (Å²) in [5.74, 6) is -0.0627. The van der Waals surface area contributed by atoms with Crippen molar-refractivity contribution in [2.45, 2.75) is 0 Å². The smallest absolute Gasteiger partial charge is 0.265 e. The summed E-state index contributed by atoms with van der Waals surface area (Å²) in [4.78, 5) is 26.4. The molecule has 0 spiro atoms. The number of ether oxygens (including phenoxy) is 1. The van der Waals surface area contributed by atoms with Crippen molar-refractivity contribution < 1.29 is 14.3 Å². The number of carbonyl (C=O) groups excluding carboxylic acids is 2. The Morgan fingerprint density at radius 2 is 1.79 bits per heavy atom. The summed E-state index contributed by atoms with van der Waals surface area (Å²) in [6.45, 7) is -0.235. The van der Waals surface area contributed by atoms with Crippen LogP contribution in [0.4, 0.5) is 11.4 Å². The van der Waals surface area contributed by atoms with Gasteiger partial charge in [-0.25, -0.2) is 0 Å². The van der Waals surface area contributed by atoms with E-state index in [2.05, 4.69) is 5.32 Å². The number of nitrogens with zero attached hydrogens (tertiary/aromatic N) is 1. The molecule has 0 atom stereocenters. The molecule has 0 aromatic heterocycles. The van der Waals surface area contributed by atoms with Gasteiger partial charge < -0.3 is 10.1 Å². The molecule has 2 amide bonds. The van der Waals surface area contributed by atoms with E-state index in [4.69, 9.17) is 16.3 Å². The van der Waals surface area contributed by atoms with Gasteiger partial charge in [0.25, 0.3) is 5.91 Å². The second-order valence-corrected chi connectivity index (χ2v) is 6.78. The maximum atomic E-state index is 12.7. The summed E-state index contributed by atoms with van der Waals surface area (Å²) in [7, 11) is 0. The Morgan fingerprint density at radius 1 is 1.04 bits per heavy atom. The zero-order valence-corrected chi connectivity index (χ0v) is 15.6. The van der Waals surface area contributed by atoms with Crippen LogP contribution in [0.25, 0.3) is 11.1 Å². The highest BCUT2D eigenvalue weighted by atomic mass is 35.5. The van der Waals surface area contributed by atoms with Crippen LogP contribution in [0, 0.1) is 0 Å². The summed E-state index contributed by atoms with van der Waals surface area (Å²) in [5.41, 5.74) is 3.09. The molecule has 28 heavy (non-hydrogen) atoms. The zero-order valence-electron chi connectivity index (χ0n) is 14.9. The molecule has 1 N–H and O–H groups in total. The van der Waals surface area contributed by atoms with Crippen LogP contribution in [0.5, 0.6) is 5.75 Å². The van der Waals surface area contributed by atoms with E-state index < -0.39 is 0 Å². The minimum atomic E-state index is -0.301. The van der Waals surface area contributed by atoms with E-state index in [-0.39, 0.29) is 25.0 Å². The van der Waals surface area contributed by atoms with Crippen LogP contribution in [0.2, 0.25) is 5.02 Å². The SMILES string of the molecule is O=C(CN1C(=O)COc2ccc(Cl)cc21)Nc1ccccc1-c1ccccc1. The molecule has 0 bridgehead atoms. The third kappa shape index (κ3) is 3.70. The average Bonchev–Trinajstić information content (AvgIpc) is 2.71. The highest BCUT2D eigenvalue weighted by Crippen LogP contribution is 2.34. The van der Waals surface area contributed by atoms with Crippen molar-refractivity contribution in [3.05, 3.63) is 77.8 Å². The van der Waals surface area contributed by atoms with E-state index in [0.29, 0.717) is 22.1 Å². The van der Waals surface area contributed by atoms with Crippen molar-refractivity contribution in [1.29, 1.82) is 0 Å². The van der Waals surface area contributed by atoms with Gasteiger partial charge in [0.1, 0.15) is 12.3 Å². The van der Waals surface area contributed by atoms with Crippen LogP contribution in [0.15, 0.2) is 72.8 Å². The molecule has 1 aliphatic rings. The monoisotopic (exact) mass is 392 g/mol. The number of benzene rings is 3. The lowest BCUT2D eigenvalue weighted by Crippen LogP contribution is -2.43. The topological polar surface area (TPSA) is 58.6 Å². The first-order chi connectivity index (χ1) is 13.6. The third-order valence-corrected chi connectivity index (χ3v) is 4.69. The van der Waals surface area contributed by atoms with Gasteiger partial charge in [-0.1, -0.05) is 60.1 Å². The minimum absolute atomic E-state index is 0.109. The van der Waals surface area contributed by atoms with Gasteiger partial charge in [0.2, 0.25) is 5.91 Å². The van der Waals surface area contributed by atoms with Crippen LogP contribution in [-0.2, 0) is 9.59 Å². The molecule has 5 nitrogen and oxygen atoms in total. The molecule has 3 aromatic rings. The first kappa shape index (κ1) is 18.1. The molecule has 3 aromatic carbocycles. The van der Waals surface area contributed by atoms with Gasteiger partial charge in [0.15, 0.2) is 6.61 Å². The number of anilines is 2. The Bertz CT molecular complexity index is 1040. The second-order valence-electron chi connectivity index (χ2n) is 6.34. The molecule has 0 aliphatic carbocycles. The fourth-order valence-corrected chi connectivity index (χ4v) is 3.31. The summed E-state index contributed by atoms with van der Waals surface area (Å²) >= 11 is 6.05. The van der Waals surface area contributed by atoms with Crippen molar-refractivity contribution in [2.75, 3.05) is 23.4 Å². The standard InChI is InChI=1S/C22H17ClN2O3/c23-16-10-11-20-19(12-16)25(22(27)14-28-20)13-21(26)24-18-9-5-4-8-17(18)15-6-2-1-3-7-15/h1-12H,13-14H2,(H,24,26). The lowest BCUT2D eigenvalue weighted by molar-refractivity contribution is -0.123. The third-order valence-electron chi connectivity index (χ3n) is 4.45. The fourth-order valence-electron chi connectivity index (χ4n) is 3.14. The molecule has 0 saturated heterocycles. The first-order valence-electron chi connectivity index (χ1n) is 8.79. The van der Waals surface area contributed by atoms with Gasteiger partial charge in [-0.2, -0.15) is 0 Å². The van der Waals surface area contributed by atoms with Gasteiger partial charge in [-0.15, -0.1) is 0 Å². The van der Waals surface area contributed by atoms with E-state index in [1.54, 1.807) is 18.2 Å². The van der Waals surface area contributed by atoms with E-state index in [1.807, 2.05) is 54.6 Å². The van der Waals surface area contributed by atoms with Gasteiger partial charge in [0.05, 0.1) is 5.69 Å². The number of hydrogen-bond donors (Lipinski definition) is 1. The maximum Gasteiger partial charge on any atom is 0.265 e. The molecule has 6 heteroatoms. The molecule has 0 fully saturated rings. The van der Waals surface area contributed by atoms with Crippen molar-refractivity contribution >= 4 is 34.8 Å². The highest BCUT2D eigenvalue weighted by Gasteiger charge is 2.27. The summed E-state index contributed by atoms with van der Waals surface area (Å²) in [5, 5.41) is 3.38. The summed E-state index contributed by atoms with van der Waals surface area (Å²) in [6, 6.07) is 22.4. The number of halogens is 1. The number of amides is 2. The largest absolute Gasteiger partial charge is 0.482 e. The molecule has 1 heterocycles. The van der Waals surface area contributed by atoms with E-state index >= 15 is 0 Å². The van der Waals surface area contributed by atoms with Crippen LogP contribution < -0.4 is 15.0 Å². The number of para-hydroxylation sites is 1. The average molecular weight is 393 g/mol. The number of fused-ring (bicyclic) bond motifs is 1. The Kier molecular flexibility index (Phi) is 5.00. The van der Waals surface area contributed by atoms with Crippen LogP contribution in [0.1, 0.15) is 0 Å². The molecular weight excluding hydrogens is 376 g/mol. The predicted molar refractivity (Wildman–Crippen MR) is 110 cm³/mol. The molecule has 0 saturated carbocycles. The molecule has 140 valence electrons. The van der Waals surface area contributed by atoms with Crippen LogP contribution >= 0.6 is 11.6 Å². The Hall–Kier alpha value is -3.31. The lowest BCUT2D eigenvalue weighted by atomic mass is 10.0. The maximum absolute atomic E-state index is 12.7. The van der Waals surface area contributed by atoms with Gasteiger partial charge in [-0.3, -0.25) is 14.5 Å². The van der Waals surface area contributed by atoms with E-state index in [1.165, 1.54) is 4.90 Å². The summed E-state index contributed by atoms with van der Waals surface area (Å²) in [6.07, 6.45) is 0. The Morgan fingerprint density at radius 3 is 2.61 bits per heavy atom. The van der Waals surface area contributed by atoms with Gasteiger partial charge in [-0.05, 0) is 29.8 Å². The summed E-state index contributed by atoms with van der Waals surface area (Å²) < 4.78 is 5.42. The van der Waals surface area contributed by atoms with Crippen molar-refractivity contribution in [1.82, 2.24) is 0 Å². The lowest BCUT2D eigenvalue weighted by Gasteiger charge is -2.29. The normalized spacial score (nSPS) is 12.9. The second kappa shape index (κ2) is 7.74. The fraction of sp³-hybridized carbons (Fsp3) is 0.0909. The van der Waals surface area contributed by atoms with Gasteiger partial charge >= 0.3 is 0 Å². The van der Waals surface area contributed by atoms with E-state index in [9.17, 15) is 9.59 Å². The number of nitrogens with one attached hydrogen (secondary N) is 1. The van der Waals surface area contributed by atoms with Crippen LogP contribution in [0.3, 0.4) is 0 Å². The number of carbonyl (C=O) groups is 2. The quantitative estimate of drug-likeness (QED) is 0.717. The Balaban J connectivity index is 1.57. The molecule has 0 unspecified atom stereocenters. The first-order valence-corrected chi connectivity index (χ1v) is 9.16. The van der Waals surface area contributed by atoms with Crippen molar-refractivity contribution in [3.8, 4) is 16.9 Å². The number of hydrogen-bond acceptors (Lipinski definition) is 3. The number of rotatable bonds is 4. The van der Waals surface area contributed by atoms with Crippen molar-refractivity contribution in [2.24, 2.45) is 0 Å². The molecule has 4 rings (SSSR count). The van der Waals surface area contributed by atoms with Crippen molar-refractivity contribution in [3.63, 3.8) is 0 Å². The van der Waals surface area contributed by atoms with E-state index in [0.717, 1.165) is 11.1 Å². The molecule has 1 aliphatic heterocycles. The molecular formula is C22H17ClN2O3. The molecule has 0 radical (unpaired) electrons. The van der Waals surface area contributed by atoms with Gasteiger partial charge in [0, 0.05) is 16.3 Å². The Labute approximate surface area is 167 Å². The zero-order chi connectivity index (χ0) is 19.5. The highest BCUT2D eigenvalue weighted by molar-refractivity contribution is 6.31. The predicted octanol–water partition coefficient (Wildman–Crippen LogP) is 4.37. The van der Waals surface area contributed by atoms with Crippen LogP contribution in [-0.4, -0.2) is 25.0 Å². The minimum Gasteiger partial charge on any atom is -0.482 e.